The molecule has 2 rings (SSSR count). The molecule has 1 heterocycles. The number of rotatable bonds is 7. The Balaban J connectivity index is 1.87. The number of nitriles is 1. The topological polar surface area (TPSA) is 102 Å². The van der Waals surface area contributed by atoms with E-state index in [4.69, 9.17) is 16.9 Å². The van der Waals surface area contributed by atoms with Crippen LogP contribution in [0.5, 0.6) is 0 Å². The monoisotopic (exact) mass is 410 g/mol. The van der Waals surface area contributed by atoms with Crippen LogP contribution in [0.3, 0.4) is 0 Å². The summed E-state index contributed by atoms with van der Waals surface area (Å²) < 4.78 is 0. The molecule has 0 saturated carbocycles. The van der Waals surface area contributed by atoms with Gasteiger partial charge in [-0.05, 0) is 48.2 Å². The third kappa shape index (κ3) is 8.03. The molecule has 0 aliphatic rings. The average Bonchev–Trinajstić information content (AvgIpc) is 2.71. The van der Waals surface area contributed by atoms with Gasteiger partial charge in [-0.1, -0.05) is 31.5 Å². The Morgan fingerprint density at radius 1 is 1.31 bits per heavy atom. The van der Waals surface area contributed by atoms with Gasteiger partial charge in [-0.3, -0.25) is 15.1 Å². The first-order valence-corrected chi connectivity index (χ1v) is 9.36. The number of benzene rings is 1. The van der Waals surface area contributed by atoms with Crippen LogP contribution in [0.1, 0.15) is 30.6 Å². The smallest absolute Gasteiger partial charge is 0.251 e. The maximum atomic E-state index is 12.2. The van der Waals surface area contributed by atoms with E-state index in [1.807, 2.05) is 32.2 Å². The number of allylic oxidation sites excluding steroid dienone is 1. The number of hydrogen-bond acceptors (Lipinski definition) is 4. The second kappa shape index (κ2) is 10.8. The number of halogens is 1. The van der Waals surface area contributed by atoms with Crippen molar-refractivity contribution < 1.29 is 4.79 Å². The van der Waals surface area contributed by atoms with Gasteiger partial charge in [-0.25, -0.2) is 4.99 Å². The summed E-state index contributed by atoms with van der Waals surface area (Å²) in [4.78, 5) is 20.4. The number of amides is 1. The minimum absolute atomic E-state index is 0.141. The van der Waals surface area contributed by atoms with Crippen molar-refractivity contribution in [2.75, 3.05) is 11.9 Å². The molecule has 0 saturated heterocycles. The molecular weight excluding hydrogens is 388 g/mol. The number of hydrogen-bond donors (Lipinski definition) is 3. The van der Waals surface area contributed by atoms with Crippen LogP contribution in [0.15, 0.2) is 66.1 Å². The fourth-order valence-electron chi connectivity index (χ4n) is 2.32. The first-order chi connectivity index (χ1) is 13.9. The molecule has 3 N–H and O–H groups in total. The van der Waals surface area contributed by atoms with Crippen molar-refractivity contribution in [1.82, 2.24) is 15.6 Å². The second-order valence-corrected chi connectivity index (χ2v) is 7.46. The maximum absolute atomic E-state index is 12.2. The van der Waals surface area contributed by atoms with Gasteiger partial charge in [0.1, 0.15) is 0 Å². The number of pyridine rings is 1. The molecule has 1 aromatic carbocycles. The van der Waals surface area contributed by atoms with Gasteiger partial charge >= 0.3 is 0 Å². The van der Waals surface area contributed by atoms with Crippen LogP contribution in [0.25, 0.3) is 0 Å². The Bertz CT molecular complexity index is 901. The van der Waals surface area contributed by atoms with E-state index in [9.17, 15) is 4.79 Å². The number of anilines is 1. The third-order valence-electron chi connectivity index (χ3n) is 3.91. The van der Waals surface area contributed by atoms with Crippen molar-refractivity contribution in [1.29, 1.82) is 5.26 Å². The molecule has 0 radical (unpaired) electrons. The highest BCUT2D eigenvalue weighted by atomic mass is 35.5. The van der Waals surface area contributed by atoms with E-state index in [1.165, 1.54) is 0 Å². The first kappa shape index (κ1) is 21.9. The van der Waals surface area contributed by atoms with E-state index in [2.05, 4.69) is 25.9 Å². The molecule has 2 aromatic rings. The standard InChI is InChI=1S/C21H23ClN6O/c1-21(2,14-26-19(29)16-6-8-17(22)9-7-16)10-4-12-25-20(27-15-23)28-18-5-3-11-24-13-18/h3-9,11-13H,10,14H2,1-2H3,(H,26,29)(H2,25,27,28). The van der Waals surface area contributed by atoms with Crippen LogP contribution < -0.4 is 16.0 Å². The predicted molar refractivity (Wildman–Crippen MR) is 115 cm³/mol. The van der Waals surface area contributed by atoms with Gasteiger partial charge in [0.2, 0.25) is 5.96 Å². The van der Waals surface area contributed by atoms with E-state index < -0.39 is 0 Å². The van der Waals surface area contributed by atoms with Crippen LogP contribution in [0.4, 0.5) is 5.69 Å². The molecule has 7 nitrogen and oxygen atoms in total. The van der Waals surface area contributed by atoms with Gasteiger partial charge in [-0.15, -0.1) is 0 Å². The number of nitrogens with one attached hydrogen (secondary N) is 3. The van der Waals surface area contributed by atoms with Gasteiger partial charge < -0.3 is 10.6 Å². The average molecular weight is 411 g/mol. The fraction of sp³-hybridized carbons (Fsp3) is 0.238. The summed E-state index contributed by atoms with van der Waals surface area (Å²) >= 11 is 5.84. The molecule has 8 heteroatoms. The summed E-state index contributed by atoms with van der Waals surface area (Å²) in [5.41, 5.74) is 1.11. The molecule has 1 amide bonds. The largest absolute Gasteiger partial charge is 0.351 e. The fourth-order valence-corrected chi connectivity index (χ4v) is 2.44. The third-order valence-corrected chi connectivity index (χ3v) is 4.16. The molecule has 150 valence electrons. The van der Waals surface area contributed by atoms with Gasteiger partial charge in [0.25, 0.3) is 5.91 Å². The number of nitrogens with zero attached hydrogens (tertiary/aromatic N) is 3. The first-order valence-electron chi connectivity index (χ1n) is 8.98. The molecule has 29 heavy (non-hydrogen) atoms. The molecule has 1 aromatic heterocycles. The van der Waals surface area contributed by atoms with Gasteiger partial charge in [0.05, 0.1) is 11.9 Å². The van der Waals surface area contributed by atoms with Crippen molar-refractivity contribution in [3.63, 3.8) is 0 Å². The molecule has 0 unspecified atom stereocenters. The van der Waals surface area contributed by atoms with Crippen molar-refractivity contribution in [2.45, 2.75) is 20.3 Å². The zero-order chi connectivity index (χ0) is 21.1. The molecule has 0 spiro atoms. The summed E-state index contributed by atoms with van der Waals surface area (Å²) in [7, 11) is 0. The van der Waals surface area contributed by atoms with E-state index >= 15 is 0 Å². The number of carbonyl (C=O) groups excluding carboxylic acids is 1. The highest BCUT2D eigenvalue weighted by Crippen LogP contribution is 2.20. The predicted octanol–water partition coefficient (Wildman–Crippen LogP) is 3.93. The number of aromatic nitrogens is 1. The van der Waals surface area contributed by atoms with Crippen molar-refractivity contribution in [3.05, 3.63) is 71.7 Å². The lowest BCUT2D eigenvalue weighted by Crippen LogP contribution is -2.33. The lowest BCUT2D eigenvalue weighted by molar-refractivity contribution is 0.0937. The zero-order valence-electron chi connectivity index (χ0n) is 16.3. The maximum Gasteiger partial charge on any atom is 0.251 e. The Hall–Kier alpha value is -3.37. The molecular formula is C21H23ClN6O. The highest BCUT2D eigenvalue weighted by Gasteiger charge is 2.17. The molecule has 0 aliphatic carbocycles. The highest BCUT2D eigenvalue weighted by molar-refractivity contribution is 6.30. The van der Waals surface area contributed by atoms with Gasteiger partial charge in [0.15, 0.2) is 6.19 Å². The Morgan fingerprint density at radius 3 is 2.72 bits per heavy atom. The van der Waals surface area contributed by atoms with E-state index in [0.29, 0.717) is 35.2 Å². The van der Waals surface area contributed by atoms with Crippen LogP contribution in [0, 0.1) is 16.9 Å². The molecule has 0 aliphatic heterocycles. The Kier molecular flexibility index (Phi) is 8.19. The summed E-state index contributed by atoms with van der Waals surface area (Å²) in [5, 5.41) is 17.9. The van der Waals surface area contributed by atoms with Gasteiger partial charge in [0, 0.05) is 29.5 Å². The summed E-state index contributed by atoms with van der Waals surface area (Å²) in [6, 6.07) is 10.4. The van der Waals surface area contributed by atoms with Crippen molar-refractivity contribution in [3.8, 4) is 6.19 Å². The number of carbonyl (C=O) groups is 1. The minimum atomic E-state index is -0.173. The quantitative estimate of drug-likeness (QED) is 0.278. The van der Waals surface area contributed by atoms with E-state index in [1.54, 1.807) is 48.9 Å². The lowest BCUT2D eigenvalue weighted by Gasteiger charge is -2.23. The second-order valence-electron chi connectivity index (χ2n) is 7.02. The van der Waals surface area contributed by atoms with Crippen LogP contribution in [-0.4, -0.2) is 23.4 Å². The molecule has 0 fully saturated rings. The molecule has 0 atom stereocenters. The SMILES string of the molecule is CC(C)(CC=CN=C(NC#N)Nc1cccnc1)CNC(=O)c1ccc(Cl)cc1. The van der Waals surface area contributed by atoms with Crippen LogP contribution in [-0.2, 0) is 0 Å². The van der Waals surface area contributed by atoms with E-state index in [0.717, 1.165) is 0 Å². The Morgan fingerprint density at radius 2 is 2.07 bits per heavy atom. The van der Waals surface area contributed by atoms with Crippen molar-refractivity contribution >= 4 is 29.2 Å². The van der Waals surface area contributed by atoms with Crippen LogP contribution >= 0.6 is 11.6 Å². The zero-order valence-corrected chi connectivity index (χ0v) is 17.1. The summed E-state index contributed by atoms with van der Waals surface area (Å²) in [6.45, 7) is 4.59. The normalized spacial score (nSPS) is 11.7. The summed E-state index contributed by atoms with van der Waals surface area (Å²) in [5.74, 6) is 0.156. The van der Waals surface area contributed by atoms with Gasteiger partial charge in [-0.2, -0.15) is 5.26 Å². The number of guanidine groups is 1. The van der Waals surface area contributed by atoms with Crippen molar-refractivity contribution in [2.24, 2.45) is 10.4 Å². The minimum Gasteiger partial charge on any atom is -0.351 e. The lowest BCUT2D eigenvalue weighted by atomic mass is 9.89. The molecule has 0 bridgehead atoms. The number of aliphatic imine (C=N–C) groups is 1. The summed E-state index contributed by atoms with van der Waals surface area (Å²) in [6.07, 6.45) is 9.32. The Labute approximate surface area is 175 Å². The van der Waals surface area contributed by atoms with E-state index in [-0.39, 0.29) is 11.3 Å². The van der Waals surface area contributed by atoms with Crippen LogP contribution in [0.2, 0.25) is 5.02 Å².